The summed E-state index contributed by atoms with van der Waals surface area (Å²) in [5.74, 6) is -0.750. The van der Waals surface area contributed by atoms with Crippen LogP contribution in [0.5, 0.6) is 0 Å². The van der Waals surface area contributed by atoms with Crippen LogP contribution in [0.1, 0.15) is 19.8 Å². The van der Waals surface area contributed by atoms with E-state index in [0.717, 1.165) is 44.0 Å². The number of amides is 1. The van der Waals surface area contributed by atoms with Crippen LogP contribution in [0.3, 0.4) is 0 Å². The van der Waals surface area contributed by atoms with Gasteiger partial charge >= 0.3 is 0 Å². The fraction of sp³-hybridized carbons (Fsp3) is 0.350. The number of sulfone groups is 1. The number of anilines is 2. The number of rotatable bonds is 6. The lowest BCUT2D eigenvalue weighted by Crippen LogP contribution is -2.43. The monoisotopic (exact) mass is 405 g/mol. The van der Waals surface area contributed by atoms with Crippen LogP contribution >= 0.6 is 0 Å². The third-order valence-electron chi connectivity index (χ3n) is 4.61. The lowest BCUT2D eigenvalue weighted by atomic mass is 10.2. The molecule has 150 valence electrons. The summed E-state index contributed by atoms with van der Waals surface area (Å²) in [4.78, 5) is 14.3. The van der Waals surface area contributed by atoms with Gasteiger partial charge in [-0.25, -0.2) is 12.8 Å². The highest BCUT2D eigenvalue weighted by atomic mass is 32.2. The van der Waals surface area contributed by atoms with Crippen molar-refractivity contribution >= 4 is 27.1 Å². The molecule has 1 heterocycles. The second-order valence-electron chi connectivity index (χ2n) is 6.67. The van der Waals surface area contributed by atoms with E-state index in [0.29, 0.717) is 12.8 Å². The van der Waals surface area contributed by atoms with Crippen molar-refractivity contribution in [2.45, 2.75) is 29.6 Å². The quantitative estimate of drug-likeness (QED) is 0.723. The summed E-state index contributed by atoms with van der Waals surface area (Å²) < 4.78 is 39.4. The molecule has 28 heavy (non-hydrogen) atoms. The van der Waals surface area contributed by atoms with E-state index in [1.165, 1.54) is 18.2 Å². The van der Waals surface area contributed by atoms with E-state index in [1.54, 1.807) is 12.1 Å². The van der Waals surface area contributed by atoms with Crippen molar-refractivity contribution in [3.8, 4) is 0 Å². The number of carbonyl (C=O) groups excluding carboxylic acids is 1. The van der Waals surface area contributed by atoms with E-state index in [1.807, 2.05) is 6.92 Å². The minimum absolute atomic E-state index is 0.00226. The van der Waals surface area contributed by atoms with Gasteiger partial charge in [0.15, 0.2) is 0 Å². The molecule has 0 saturated carbocycles. The van der Waals surface area contributed by atoms with E-state index in [-0.39, 0.29) is 21.4 Å². The zero-order valence-electron chi connectivity index (χ0n) is 15.7. The van der Waals surface area contributed by atoms with Crippen LogP contribution in [0.15, 0.2) is 52.3 Å². The van der Waals surface area contributed by atoms with Gasteiger partial charge in [0, 0.05) is 38.3 Å². The average molecular weight is 405 g/mol. The molecule has 0 spiro atoms. The van der Waals surface area contributed by atoms with Crippen molar-refractivity contribution in [3.63, 3.8) is 0 Å². The van der Waals surface area contributed by atoms with Gasteiger partial charge in [0.2, 0.25) is 15.7 Å². The summed E-state index contributed by atoms with van der Waals surface area (Å²) in [6.45, 7) is 5.16. The van der Waals surface area contributed by atoms with Crippen molar-refractivity contribution in [1.82, 2.24) is 5.32 Å². The van der Waals surface area contributed by atoms with Crippen molar-refractivity contribution in [1.29, 1.82) is 0 Å². The first-order valence-corrected chi connectivity index (χ1v) is 10.8. The van der Waals surface area contributed by atoms with Crippen LogP contribution < -0.4 is 15.5 Å². The molecule has 6 nitrogen and oxygen atoms in total. The number of hydrogen-bond donors (Lipinski definition) is 2. The molecule has 2 N–H and O–H groups in total. The lowest BCUT2D eigenvalue weighted by molar-refractivity contribution is -0.116. The molecular formula is C20H24FN3O3S. The van der Waals surface area contributed by atoms with Gasteiger partial charge in [-0.1, -0.05) is 6.92 Å². The Labute approximate surface area is 164 Å². The highest BCUT2D eigenvalue weighted by molar-refractivity contribution is 7.91. The summed E-state index contributed by atoms with van der Waals surface area (Å²) in [5.41, 5.74) is 1.10. The maximum Gasteiger partial charge on any atom is 0.224 e. The largest absolute Gasteiger partial charge is 0.369 e. The molecule has 0 unspecified atom stereocenters. The summed E-state index contributed by atoms with van der Waals surface area (Å²) in [6, 6.07) is 9.64. The Hall–Kier alpha value is -2.45. The normalized spacial score (nSPS) is 14.7. The molecule has 8 heteroatoms. The third-order valence-corrected chi connectivity index (χ3v) is 6.44. The third kappa shape index (κ3) is 4.51. The topological polar surface area (TPSA) is 78.5 Å². The fourth-order valence-corrected chi connectivity index (χ4v) is 4.55. The van der Waals surface area contributed by atoms with Crippen molar-refractivity contribution < 1.29 is 17.6 Å². The highest BCUT2D eigenvalue weighted by Gasteiger charge is 2.24. The molecule has 1 amide bonds. The first-order chi connectivity index (χ1) is 13.4. The maximum atomic E-state index is 13.2. The molecule has 0 atom stereocenters. The lowest BCUT2D eigenvalue weighted by Gasteiger charge is -2.30. The molecule has 1 fully saturated rings. The summed E-state index contributed by atoms with van der Waals surface area (Å²) in [6.07, 6.45) is 0.956. The highest BCUT2D eigenvalue weighted by Crippen LogP contribution is 2.32. The standard InChI is InChI=1S/C20H24FN3O3S/c1-2-3-20(25)23-18-14-16(24-12-10-22-11-13-24)6-9-19(18)28(26,27)17-7-4-15(21)5-8-17/h4-9,14,22H,2-3,10-13H2,1H3,(H,23,25). The Morgan fingerprint density at radius 1 is 1.14 bits per heavy atom. The Morgan fingerprint density at radius 3 is 2.46 bits per heavy atom. The van der Waals surface area contributed by atoms with E-state index in [4.69, 9.17) is 0 Å². The maximum absolute atomic E-state index is 13.2. The SMILES string of the molecule is CCCC(=O)Nc1cc(N2CCNCC2)ccc1S(=O)(=O)c1ccc(F)cc1. The number of benzene rings is 2. The van der Waals surface area contributed by atoms with Crippen LogP contribution in [-0.2, 0) is 14.6 Å². The van der Waals surface area contributed by atoms with Gasteiger partial charge in [-0.2, -0.15) is 0 Å². The predicted octanol–water partition coefficient (Wildman–Crippen LogP) is 2.81. The molecular weight excluding hydrogens is 381 g/mol. The van der Waals surface area contributed by atoms with Gasteiger partial charge in [-0.15, -0.1) is 0 Å². The molecule has 0 bridgehead atoms. The first kappa shape index (κ1) is 20.3. The number of piperazine rings is 1. The molecule has 1 saturated heterocycles. The Bertz CT molecular complexity index is 940. The van der Waals surface area contributed by atoms with Crippen LogP contribution in [-0.4, -0.2) is 40.5 Å². The van der Waals surface area contributed by atoms with Gasteiger partial charge in [-0.05, 0) is 48.9 Å². The zero-order chi connectivity index (χ0) is 20.1. The van der Waals surface area contributed by atoms with E-state index >= 15 is 0 Å². The van der Waals surface area contributed by atoms with Crippen molar-refractivity contribution in [3.05, 3.63) is 48.3 Å². The number of halogens is 1. The van der Waals surface area contributed by atoms with Gasteiger partial charge < -0.3 is 15.5 Å². The Morgan fingerprint density at radius 2 is 1.82 bits per heavy atom. The van der Waals surface area contributed by atoms with Gasteiger partial charge in [-0.3, -0.25) is 4.79 Å². The van der Waals surface area contributed by atoms with E-state index in [2.05, 4.69) is 15.5 Å². The van der Waals surface area contributed by atoms with Gasteiger partial charge in [0.25, 0.3) is 0 Å². The number of hydrogen-bond acceptors (Lipinski definition) is 5. The predicted molar refractivity (Wildman–Crippen MR) is 107 cm³/mol. The summed E-state index contributed by atoms with van der Waals surface area (Å²) >= 11 is 0. The zero-order valence-corrected chi connectivity index (χ0v) is 16.6. The molecule has 3 rings (SSSR count). The molecule has 1 aliphatic rings. The van der Waals surface area contributed by atoms with Crippen molar-refractivity contribution in [2.75, 3.05) is 36.4 Å². The van der Waals surface area contributed by atoms with Crippen molar-refractivity contribution in [2.24, 2.45) is 0 Å². The first-order valence-electron chi connectivity index (χ1n) is 9.32. The van der Waals surface area contributed by atoms with E-state index < -0.39 is 15.7 Å². The smallest absolute Gasteiger partial charge is 0.224 e. The van der Waals surface area contributed by atoms with Crippen LogP contribution in [0.25, 0.3) is 0 Å². The van der Waals surface area contributed by atoms with Crippen LogP contribution in [0.4, 0.5) is 15.8 Å². The second-order valence-corrected chi connectivity index (χ2v) is 8.59. The van der Waals surface area contributed by atoms with Crippen LogP contribution in [0.2, 0.25) is 0 Å². The molecule has 2 aromatic rings. The minimum atomic E-state index is -3.91. The Kier molecular flexibility index (Phi) is 6.31. The molecule has 2 aromatic carbocycles. The molecule has 1 aliphatic heterocycles. The average Bonchev–Trinajstić information content (AvgIpc) is 2.69. The fourth-order valence-electron chi connectivity index (χ4n) is 3.15. The van der Waals surface area contributed by atoms with Gasteiger partial charge in [0.1, 0.15) is 5.82 Å². The molecule has 0 aliphatic carbocycles. The Balaban J connectivity index is 2.02. The minimum Gasteiger partial charge on any atom is -0.369 e. The molecule has 0 radical (unpaired) electrons. The second kappa shape index (κ2) is 8.70. The number of nitrogens with zero attached hydrogens (tertiary/aromatic N) is 1. The van der Waals surface area contributed by atoms with Gasteiger partial charge in [0.05, 0.1) is 15.5 Å². The number of carbonyl (C=O) groups is 1. The van der Waals surface area contributed by atoms with Crippen LogP contribution in [0, 0.1) is 5.82 Å². The van der Waals surface area contributed by atoms with E-state index in [9.17, 15) is 17.6 Å². The summed E-state index contributed by atoms with van der Waals surface area (Å²) in [5, 5.41) is 6.02. The molecule has 0 aromatic heterocycles. The summed E-state index contributed by atoms with van der Waals surface area (Å²) in [7, 11) is -3.91. The number of nitrogens with one attached hydrogen (secondary N) is 2.